The molecule has 34 heavy (non-hydrogen) atoms. The SMILES string of the molecule is COc1ccccc1N1CCN(C2CCN(Cc3ccc(Cl)cc3)CC2)CC1.O=C(O)C(=O)O. The molecule has 4 rings (SSSR count). The molecule has 2 heterocycles. The Morgan fingerprint density at radius 2 is 1.50 bits per heavy atom. The fourth-order valence-electron chi connectivity index (χ4n) is 4.51. The molecule has 0 aliphatic carbocycles. The summed E-state index contributed by atoms with van der Waals surface area (Å²) in [7, 11) is 1.76. The second kappa shape index (κ2) is 12.6. The minimum atomic E-state index is -1.82. The van der Waals surface area contributed by atoms with Crippen LogP contribution in [0.25, 0.3) is 0 Å². The Balaban J connectivity index is 0.000000481. The standard InChI is InChI=1S/C23H30ClN3O.C2H2O4/c1-28-23-5-3-2-4-22(23)27-16-14-26(15-17-27)21-10-12-25(13-11-21)18-19-6-8-20(24)9-7-19;3-1(4)2(5)6/h2-9,21H,10-18H2,1H3;(H,3,4)(H,5,6). The lowest BCUT2D eigenvalue weighted by Gasteiger charge is -2.43. The van der Waals surface area contributed by atoms with E-state index in [-0.39, 0.29) is 0 Å². The van der Waals surface area contributed by atoms with Gasteiger partial charge in [-0.25, -0.2) is 9.59 Å². The molecule has 0 saturated carbocycles. The Bertz CT molecular complexity index is 928. The van der Waals surface area contributed by atoms with Crippen molar-refractivity contribution in [2.75, 3.05) is 51.3 Å². The second-order valence-corrected chi connectivity index (χ2v) is 8.88. The van der Waals surface area contributed by atoms with Crippen molar-refractivity contribution >= 4 is 29.2 Å². The number of likely N-dealkylation sites (tertiary alicyclic amines) is 1. The Morgan fingerprint density at radius 3 is 2.06 bits per heavy atom. The van der Waals surface area contributed by atoms with Crippen LogP contribution < -0.4 is 9.64 Å². The summed E-state index contributed by atoms with van der Waals surface area (Å²) in [5.41, 5.74) is 2.58. The van der Waals surface area contributed by atoms with Crippen LogP contribution in [0, 0.1) is 0 Å². The van der Waals surface area contributed by atoms with Crippen LogP contribution in [0.2, 0.25) is 5.02 Å². The van der Waals surface area contributed by atoms with Crippen LogP contribution in [0.3, 0.4) is 0 Å². The molecule has 0 atom stereocenters. The number of ether oxygens (including phenoxy) is 1. The molecular formula is C25H32ClN3O5. The van der Waals surface area contributed by atoms with Gasteiger partial charge in [-0.3, -0.25) is 9.80 Å². The average Bonchev–Trinajstić information content (AvgIpc) is 2.86. The van der Waals surface area contributed by atoms with Gasteiger partial charge in [-0.05, 0) is 55.8 Å². The molecule has 2 aliphatic heterocycles. The van der Waals surface area contributed by atoms with E-state index >= 15 is 0 Å². The smallest absolute Gasteiger partial charge is 0.414 e. The van der Waals surface area contributed by atoms with Gasteiger partial charge in [0.2, 0.25) is 0 Å². The molecule has 0 spiro atoms. The van der Waals surface area contributed by atoms with Crippen molar-refractivity contribution in [1.29, 1.82) is 0 Å². The van der Waals surface area contributed by atoms with Crippen LogP contribution in [-0.2, 0) is 16.1 Å². The summed E-state index contributed by atoms with van der Waals surface area (Å²) < 4.78 is 5.54. The quantitative estimate of drug-likeness (QED) is 0.618. The van der Waals surface area contributed by atoms with Crippen LogP contribution in [0.4, 0.5) is 5.69 Å². The normalized spacial score (nSPS) is 17.5. The van der Waals surface area contributed by atoms with E-state index < -0.39 is 11.9 Å². The number of nitrogens with zero attached hydrogens (tertiary/aromatic N) is 3. The van der Waals surface area contributed by atoms with Crippen LogP contribution in [0.5, 0.6) is 5.75 Å². The zero-order chi connectivity index (χ0) is 24.5. The number of methoxy groups -OCH3 is 1. The third-order valence-electron chi connectivity index (χ3n) is 6.32. The van der Waals surface area contributed by atoms with Crippen molar-refractivity contribution in [1.82, 2.24) is 9.80 Å². The average molecular weight is 490 g/mol. The number of hydrogen-bond acceptors (Lipinski definition) is 6. The van der Waals surface area contributed by atoms with Gasteiger partial charge in [-0.2, -0.15) is 0 Å². The van der Waals surface area contributed by atoms with Crippen molar-refractivity contribution in [2.24, 2.45) is 0 Å². The first-order valence-corrected chi connectivity index (χ1v) is 11.8. The van der Waals surface area contributed by atoms with E-state index in [4.69, 9.17) is 36.1 Å². The van der Waals surface area contributed by atoms with Crippen molar-refractivity contribution < 1.29 is 24.5 Å². The summed E-state index contributed by atoms with van der Waals surface area (Å²) in [6, 6.07) is 17.4. The van der Waals surface area contributed by atoms with Gasteiger partial charge in [-0.1, -0.05) is 35.9 Å². The number of carboxylic acid groups (broad SMARTS) is 2. The van der Waals surface area contributed by atoms with Crippen molar-refractivity contribution in [3.05, 3.63) is 59.1 Å². The molecule has 2 saturated heterocycles. The lowest BCUT2D eigenvalue weighted by Crippen LogP contribution is -2.53. The van der Waals surface area contributed by atoms with Crippen molar-refractivity contribution in [3.63, 3.8) is 0 Å². The predicted octanol–water partition coefficient (Wildman–Crippen LogP) is 3.29. The van der Waals surface area contributed by atoms with E-state index in [1.165, 1.54) is 37.2 Å². The zero-order valence-corrected chi connectivity index (χ0v) is 20.2. The highest BCUT2D eigenvalue weighted by Gasteiger charge is 2.28. The van der Waals surface area contributed by atoms with Crippen LogP contribution in [-0.4, -0.2) is 84.4 Å². The van der Waals surface area contributed by atoms with Gasteiger partial charge in [0, 0.05) is 43.8 Å². The highest BCUT2D eigenvalue weighted by Crippen LogP contribution is 2.29. The summed E-state index contributed by atoms with van der Waals surface area (Å²) in [5.74, 6) is -2.67. The zero-order valence-electron chi connectivity index (χ0n) is 19.4. The summed E-state index contributed by atoms with van der Waals surface area (Å²) in [6.45, 7) is 7.82. The maximum atomic E-state index is 9.10. The monoisotopic (exact) mass is 489 g/mol. The minimum Gasteiger partial charge on any atom is -0.495 e. The van der Waals surface area contributed by atoms with Gasteiger partial charge < -0.3 is 19.8 Å². The molecule has 0 bridgehead atoms. The largest absolute Gasteiger partial charge is 0.495 e. The topological polar surface area (TPSA) is 93.5 Å². The number of aliphatic carboxylic acids is 2. The number of rotatable bonds is 5. The number of carboxylic acids is 2. The molecule has 184 valence electrons. The van der Waals surface area contributed by atoms with Gasteiger partial charge in [0.25, 0.3) is 0 Å². The number of piperazine rings is 1. The van der Waals surface area contributed by atoms with Gasteiger partial charge >= 0.3 is 11.9 Å². The molecule has 0 unspecified atom stereocenters. The molecule has 0 aromatic heterocycles. The van der Waals surface area contributed by atoms with E-state index in [1.54, 1.807) is 7.11 Å². The lowest BCUT2D eigenvalue weighted by molar-refractivity contribution is -0.159. The fourth-order valence-corrected chi connectivity index (χ4v) is 4.64. The molecule has 2 aliphatic rings. The summed E-state index contributed by atoms with van der Waals surface area (Å²) in [4.78, 5) is 25.9. The van der Waals surface area contributed by atoms with Crippen LogP contribution in [0.15, 0.2) is 48.5 Å². The van der Waals surface area contributed by atoms with Gasteiger partial charge in [-0.15, -0.1) is 0 Å². The summed E-state index contributed by atoms with van der Waals surface area (Å²) in [5, 5.41) is 15.6. The molecule has 2 aromatic carbocycles. The number of benzene rings is 2. The second-order valence-electron chi connectivity index (χ2n) is 8.44. The third-order valence-corrected chi connectivity index (χ3v) is 6.57. The number of para-hydroxylation sites is 2. The molecule has 0 amide bonds. The highest BCUT2D eigenvalue weighted by atomic mass is 35.5. The summed E-state index contributed by atoms with van der Waals surface area (Å²) >= 11 is 6.00. The molecule has 0 radical (unpaired) electrons. The predicted molar refractivity (Wildman–Crippen MR) is 132 cm³/mol. The van der Waals surface area contributed by atoms with E-state index in [9.17, 15) is 0 Å². The Morgan fingerprint density at radius 1 is 0.912 bits per heavy atom. The van der Waals surface area contributed by atoms with Crippen LogP contribution in [0.1, 0.15) is 18.4 Å². The first-order valence-electron chi connectivity index (χ1n) is 11.4. The molecule has 8 nitrogen and oxygen atoms in total. The molecular weight excluding hydrogens is 458 g/mol. The Labute approximate surface area is 205 Å². The first-order chi connectivity index (χ1) is 16.4. The number of halogens is 1. The number of anilines is 1. The van der Waals surface area contributed by atoms with Crippen molar-refractivity contribution in [2.45, 2.75) is 25.4 Å². The highest BCUT2D eigenvalue weighted by molar-refractivity contribution is 6.30. The van der Waals surface area contributed by atoms with Gasteiger partial charge in [0.05, 0.1) is 12.8 Å². The van der Waals surface area contributed by atoms with E-state index in [1.807, 2.05) is 18.2 Å². The minimum absolute atomic E-state index is 0.723. The molecule has 2 aromatic rings. The maximum absolute atomic E-state index is 9.10. The van der Waals surface area contributed by atoms with Gasteiger partial charge in [0.15, 0.2) is 0 Å². The van der Waals surface area contributed by atoms with Crippen LogP contribution >= 0.6 is 11.6 Å². The van der Waals surface area contributed by atoms with Crippen molar-refractivity contribution in [3.8, 4) is 5.75 Å². The van der Waals surface area contributed by atoms with E-state index in [0.29, 0.717) is 0 Å². The first kappa shape index (κ1) is 25.8. The summed E-state index contributed by atoms with van der Waals surface area (Å²) in [6.07, 6.45) is 2.53. The lowest BCUT2D eigenvalue weighted by atomic mass is 10.0. The third kappa shape index (κ3) is 7.35. The molecule has 9 heteroatoms. The Hall–Kier alpha value is -2.81. The molecule has 2 N–H and O–H groups in total. The fraction of sp³-hybridized carbons (Fsp3) is 0.440. The number of hydrogen-bond donors (Lipinski definition) is 2. The van der Waals surface area contributed by atoms with E-state index in [0.717, 1.165) is 49.5 Å². The molecule has 2 fully saturated rings. The number of piperidine rings is 1. The Kier molecular flexibility index (Phi) is 9.56. The van der Waals surface area contributed by atoms with E-state index in [2.05, 4.69) is 45.0 Å². The maximum Gasteiger partial charge on any atom is 0.414 e. The van der Waals surface area contributed by atoms with Gasteiger partial charge in [0.1, 0.15) is 5.75 Å². The number of carbonyl (C=O) groups is 2.